The molecule has 0 saturated heterocycles. The highest BCUT2D eigenvalue weighted by Gasteiger charge is 2.12. The standard InChI is InChI=1S/C16H14ClN3O/c1-10-2-4-11(5-3-10)8-15-19-16(21-20-15)13-9-12(17)6-7-14(13)18/h2-7,9H,8,18H2,1H3. The summed E-state index contributed by atoms with van der Waals surface area (Å²) in [7, 11) is 0. The third-order valence-corrected chi connectivity index (χ3v) is 3.43. The lowest BCUT2D eigenvalue weighted by Crippen LogP contribution is -1.92. The third kappa shape index (κ3) is 3.06. The van der Waals surface area contributed by atoms with Crippen molar-refractivity contribution >= 4 is 17.3 Å². The van der Waals surface area contributed by atoms with Gasteiger partial charge in [0.1, 0.15) is 0 Å². The fraction of sp³-hybridized carbons (Fsp3) is 0.125. The van der Waals surface area contributed by atoms with Gasteiger partial charge in [0.15, 0.2) is 5.82 Å². The van der Waals surface area contributed by atoms with E-state index in [4.69, 9.17) is 21.9 Å². The Hall–Kier alpha value is -2.33. The van der Waals surface area contributed by atoms with E-state index in [1.54, 1.807) is 18.2 Å². The van der Waals surface area contributed by atoms with Gasteiger partial charge in [0.2, 0.25) is 0 Å². The van der Waals surface area contributed by atoms with Crippen LogP contribution in [0.25, 0.3) is 11.5 Å². The first-order valence-corrected chi connectivity index (χ1v) is 6.93. The molecule has 0 aliphatic carbocycles. The number of benzene rings is 2. The Morgan fingerprint density at radius 3 is 2.67 bits per heavy atom. The van der Waals surface area contributed by atoms with Gasteiger partial charge in [0.25, 0.3) is 5.89 Å². The average Bonchev–Trinajstić information content (AvgIpc) is 2.92. The molecule has 0 spiro atoms. The zero-order chi connectivity index (χ0) is 14.8. The van der Waals surface area contributed by atoms with E-state index < -0.39 is 0 Å². The molecule has 0 bridgehead atoms. The topological polar surface area (TPSA) is 64.9 Å². The first kappa shape index (κ1) is 13.6. The van der Waals surface area contributed by atoms with Crippen molar-refractivity contribution < 1.29 is 4.52 Å². The monoisotopic (exact) mass is 299 g/mol. The molecule has 0 unspecified atom stereocenters. The summed E-state index contributed by atoms with van der Waals surface area (Å²) in [6.45, 7) is 2.05. The zero-order valence-electron chi connectivity index (χ0n) is 11.5. The molecule has 0 radical (unpaired) electrons. The maximum absolute atomic E-state index is 5.97. The lowest BCUT2D eigenvalue weighted by Gasteiger charge is -2.00. The summed E-state index contributed by atoms with van der Waals surface area (Å²) in [5, 5.41) is 4.58. The second-order valence-corrected chi connectivity index (χ2v) is 5.35. The Labute approximate surface area is 127 Å². The van der Waals surface area contributed by atoms with Gasteiger partial charge in [0, 0.05) is 17.1 Å². The Morgan fingerprint density at radius 2 is 1.90 bits per heavy atom. The van der Waals surface area contributed by atoms with E-state index in [1.165, 1.54) is 5.56 Å². The number of nitrogens with zero attached hydrogens (tertiary/aromatic N) is 2. The van der Waals surface area contributed by atoms with E-state index in [0.717, 1.165) is 5.56 Å². The zero-order valence-corrected chi connectivity index (χ0v) is 12.3. The van der Waals surface area contributed by atoms with Crippen molar-refractivity contribution in [3.05, 3.63) is 64.4 Å². The summed E-state index contributed by atoms with van der Waals surface area (Å²) >= 11 is 5.97. The van der Waals surface area contributed by atoms with Gasteiger partial charge in [-0.15, -0.1) is 0 Å². The second kappa shape index (κ2) is 5.58. The number of nitrogen functional groups attached to an aromatic ring is 1. The van der Waals surface area contributed by atoms with Crippen LogP contribution in [0.4, 0.5) is 5.69 Å². The smallest absolute Gasteiger partial charge is 0.260 e. The van der Waals surface area contributed by atoms with E-state index >= 15 is 0 Å². The number of halogens is 1. The van der Waals surface area contributed by atoms with Crippen LogP contribution in [-0.2, 0) is 6.42 Å². The van der Waals surface area contributed by atoms with Crippen LogP contribution in [0, 0.1) is 6.92 Å². The van der Waals surface area contributed by atoms with Crippen molar-refractivity contribution in [3.8, 4) is 11.5 Å². The molecular weight excluding hydrogens is 286 g/mol. The summed E-state index contributed by atoms with van der Waals surface area (Å²) < 4.78 is 5.28. The van der Waals surface area contributed by atoms with Crippen molar-refractivity contribution in [2.24, 2.45) is 0 Å². The number of aromatic nitrogens is 2. The van der Waals surface area contributed by atoms with E-state index in [2.05, 4.69) is 41.3 Å². The third-order valence-electron chi connectivity index (χ3n) is 3.20. The van der Waals surface area contributed by atoms with Gasteiger partial charge in [-0.1, -0.05) is 46.6 Å². The minimum Gasteiger partial charge on any atom is -0.398 e. The van der Waals surface area contributed by atoms with Crippen molar-refractivity contribution in [3.63, 3.8) is 0 Å². The molecule has 0 aliphatic rings. The predicted molar refractivity (Wildman–Crippen MR) is 83.1 cm³/mol. The van der Waals surface area contributed by atoms with Crippen LogP contribution in [0.2, 0.25) is 5.02 Å². The molecule has 21 heavy (non-hydrogen) atoms. The van der Waals surface area contributed by atoms with Crippen molar-refractivity contribution in [1.82, 2.24) is 10.1 Å². The summed E-state index contributed by atoms with van der Waals surface area (Å²) in [5.74, 6) is 1.00. The van der Waals surface area contributed by atoms with Gasteiger partial charge in [-0.2, -0.15) is 4.98 Å². The van der Waals surface area contributed by atoms with Crippen LogP contribution in [0.3, 0.4) is 0 Å². The van der Waals surface area contributed by atoms with Crippen molar-refractivity contribution in [2.45, 2.75) is 13.3 Å². The Kier molecular flexibility index (Phi) is 3.62. The molecule has 0 saturated carbocycles. The fourth-order valence-corrected chi connectivity index (χ4v) is 2.21. The molecule has 1 aromatic heterocycles. The van der Waals surface area contributed by atoms with E-state index in [9.17, 15) is 0 Å². The minimum absolute atomic E-state index is 0.386. The molecule has 106 valence electrons. The van der Waals surface area contributed by atoms with Crippen LogP contribution in [0.15, 0.2) is 47.0 Å². The number of hydrogen-bond acceptors (Lipinski definition) is 4. The highest BCUT2D eigenvalue weighted by atomic mass is 35.5. The molecule has 0 aliphatic heterocycles. The molecule has 0 fully saturated rings. The molecule has 4 nitrogen and oxygen atoms in total. The Morgan fingerprint density at radius 1 is 1.14 bits per heavy atom. The number of aryl methyl sites for hydroxylation is 1. The molecule has 0 amide bonds. The number of nitrogens with two attached hydrogens (primary N) is 1. The normalized spacial score (nSPS) is 10.8. The molecule has 3 aromatic rings. The number of anilines is 1. The summed E-state index contributed by atoms with van der Waals surface area (Å²) in [4.78, 5) is 4.38. The van der Waals surface area contributed by atoms with Gasteiger partial charge in [-0.05, 0) is 30.7 Å². The first-order chi connectivity index (χ1) is 10.1. The van der Waals surface area contributed by atoms with Gasteiger partial charge < -0.3 is 10.3 Å². The molecule has 1 heterocycles. The first-order valence-electron chi connectivity index (χ1n) is 6.55. The van der Waals surface area contributed by atoms with Crippen LogP contribution in [-0.4, -0.2) is 10.1 Å². The second-order valence-electron chi connectivity index (χ2n) is 4.91. The number of rotatable bonds is 3. The fourth-order valence-electron chi connectivity index (χ4n) is 2.04. The summed E-state index contributed by atoms with van der Waals surface area (Å²) in [6, 6.07) is 13.4. The van der Waals surface area contributed by atoms with Gasteiger partial charge in [-0.25, -0.2) is 0 Å². The molecular formula is C16H14ClN3O. The van der Waals surface area contributed by atoms with Gasteiger partial charge >= 0.3 is 0 Å². The lowest BCUT2D eigenvalue weighted by atomic mass is 10.1. The van der Waals surface area contributed by atoms with Crippen LogP contribution in [0.1, 0.15) is 17.0 Å². The molecule has 2 aromatic carbocycles. The Balaban J connectivity index is 1.86. The van der Waals surface area contributed by atoms with Gasteiger partial charge in [-0.3, -0.25) is 0 Å². The highest BCUT2D eigenvalue weighted by molar-refractivity contribution is 6.31. The number of hydrogen-bond donors (Lipinski definition) is 1. The SMILES string of the molecule is Cc1ccc(Cc2noc(-c3cc(Cl)ccc3N)n2)cc1. The molecule has 5 heteroatoms. The van der Waals surface area contributed by atoms with Crippen LogP contribution >= 0.6 is 11.6 Å². The van der Waals surface area contributed by atoms with Crippen molar-refractivity contribution in [1.29, 1.82) is 0 Å². The quantitative estimate of drug-likeness (QED) is 0.746. The maximum atomic E-state index is 5.97. The summed E-state index contributed by atoms with van der Waals surface area (Å²) in [6.07, 6.45) is 0.615. The molecule has 0 atom stereocenters. The van der Waals surface area contributed by atoms with E-state index in [1.807, 2.05) is 0 Å². The van der Waals surface area contributed by atoms with Crippen LogP contribution < -0.4 is 5.73 Å². The van der Waals surface area contributed by atoms with Gasteiger partial charge in [0.05, 0.1) is 5.56 Å². The maximum Gasteiger partial charge on any atom is 0.260 e. The van der Waals surface area contributed by atoms with E-state index in [0.29, 0.717) is 34.4 Å². The minimum atomic E-state index is 0.386. The van der Waals surface area contributed by atoms with Crippen LogP contribution in [0.5, 0.6) is 0 Å². The Bertz CT molecular complexity index is 765. The van der Waals surface area contributed by atoms with E-state index in [-0.39, 0.29) is 0 Å². The largest absolute Gasteiger partial charge is 0.398 e. The predicted octanol–water partition coefficient (Wildman–Crippen LogP) is 3.87. The molecule has 3 rings (SSSR count). The lowest BCUT2D eigenvalue weighted by molar-refractivity contribution is 0.424. The molecule has 2 N–H and O–H groups in total. The van der Waals surface area contributed by atoms with Crippen molar-refractivity contribution in [2.75, 3.05) is 5.73 Å². The average molecular weight is 300 g/mol. The highest BCUT2D eigenvalue weighted by Crippen LogP contribution is 2.27. The summed E-state index contributed by atoms with van der Waals surface area (Å²) in [5.41, 5.74) is 9.48.